The number of hydrogen-bond acceptors (Lipinski definition) is 3. The molecule has 0 heterocycles. The van der Waals surface area contributed by atoms with E-state index >= 15 is 0 Å². The summed E-state index contributed by atoms with van der Waals surface area (Å²) in [5.74, 6) is -0.0845. The average molecular weight is 321 g/mol. The topological polar surface area (TPSA) is 70.6 Å². The quantitative estimate of drug-likeness (QED) is 0.656. The van der Waals surface area contributed by atoms with Gasteiger partial charge in [-0.1, -0.05) is 24.3 Å². The molecule has 2 aromatic carbocycles. The van der Waals surface area contributed by atoms with Gasteiger partial charge < -0.3 is 5.32 Å². The minimum absolute atomic E-state index is 0.0510. The van der Waals surface area contributed by atoms with Crippen molar-refractivity contribution in [3.8, 4) is 0 Å². The van der Waals surface area contributed by atoms with Crippen molar-refractivity contribution in [1.29, 1.82) is 0 Å². The zero-order chi connectivity index (χ0) is 16.9. The van der Waals surface area contributed by atoms with Crippen molar-refractivity contribution < 1.29 is 9.59 Å². The Morgan fingerprint density at radius 1 is 1.08 bits per heavy atom. The van der Waals surface area contributed by atoms with Crippen LogP contribution in [0.5, 0.6) is 0 Å². The van der Waals surface area contributed by atoms with E-state index in [0.29, 0.717) is 11.3 Å². The standard InChI is InChI=1S/C19H19N3O2/c1-13-4-2-3-5-16(13)12-20-22-19(24)15-8-10-17(11-9-15)21-18(23)14-6-7-14/h2-5,8-12,14H,6-7H2,1H3,(H,21,23)(H,22,24). The van der Waals surface area contributed by atoms with Crippen LogP contribution in [0.15, 0.2) is 53.6 Å². The van der Waals surface area contributed by atoms with Crippen molar-refractivity contribution in [2.75, 3.05) is 5.32 Å². The minimum atomic E-state index is -0.292. The molecule has 0 saturated heterocycles. The van der Waals surface area contributed by atoms with Gasteiger partial charge in [0.1, 0.15) is 0 Å². The maximum atomic E-state index is 12.1. The summed E-state index contributed by atoms with van der Waals surface area (Å²) in [5, 5.41) is 6.83. The predicted octanol–water partition coefficient (Wildman–Crippen LogP) is 3.11. The van der Waals surface area contributed by atoms with Crippen LogP contribution in [0.2, 0.25) is 0 Å². The fourth-order valence-corrected chi connectivity index (χ4v) is 2.25. The van der Waals surface area contributed by atoms with Gasteiger partial charge in [-0.15, -0.1) is 0 Å². The molecule has 1 saturated carbocycles. The molecule has 1 aliphatic rings. The summed E-state index contributed by atoms with van der Waals surface area (Å²) in [7, 11) is 0. The van der Waals surface area contributed by atoms with Gasteiger partial charge in [-0.25, -0.2) is 5.43 Å². The summed E-state index contributed by atoms with van der Waals surface area (Å²) >= 11 is 0. The van der Waals surface area contributed by atoms with Crippen molar-refractivity contribution in [2.45, 2.75) is 19.8 Å². The first-order chi connectivity index (χ1) is 11.6. The van der Waals surface area contributed by atoms with Crippen LogP contribution in [-0.4, -0.2) is 18.0 Å². The van der Waals surface area contributed by atoms with Crippen molar-refractivity contribution in [2.24, 2.45) is 11.0 Å². The zero-order valence-electron chi connectivity index (χ0n) is 13.5. The molecule has 0 radical (unpaired) electrons. The molecule has 5 heteroatoms. The molecule has 0 atom stereocenters. The van der Waals surface area contributed by atoms with Crippen molar-refractivity contribution >= 4 is 23.7 Å². The fourth-order valence-electron chi connectivity index (χ4n) is 2.25. The molecule has 0 aliphatic heterocycles. The fraction of sp³-hybridized carbons (Fsp3) is 0.211. The van der Waals surface area contributed by atoms with Crippen molar-refractivity contribution in [3.05, 3.63) is 65.2 Å². The number of nitrogens with zero attached hydrogens (tertiary/aromatic N) is 1. The van der Waals surface area contributed by atoms with Crippen LogP contribution in [-0.2, 0) is 4.79 Å². The van der Waals surface area contributed by atoms with Crippen LogP contribution in [0, 0.1) is 12.8 Å². The Hall–Kier alpha value is -2.95. The summed E-state index contributed by atoms with van der Waals surface area (Å²) in [4.78, 5) is 23.7. The second-order valence-corrected chi connectivity index (χ2v) is 5.90. The molecule has 0 bridgehead atoms. The minimum Gasteiger partial charge on any atom is -0.326 e. The highest BCUT2D eigenvalue weighted by atomic mass is 16.2. The van der Waals surface area contributed by atoms with Gasteiger partial charge in [-0.2, -0.15) is 5.10 Å². The molecule has 24 heavy (non-hydrogen) atoms. The Labute approximate surface area is 140 Å². The summed E-state index contributed by atoms with van der Waals surface area (Å²) in [6.07, 6.45) is 3.55. The van der Waals surface area contributed by atoms with E-state index in [9.17, 15) is 9.59 Å². The van der Waals surface area contributed by atoms with Crippen molar-refractivity contribution in [3.63, 3.8) is 0 Å². The van der Waals surface area contributed by atoms with Gasteiger partial charge in [-0.3, -0.25) is 9.59 Å². The number of amides is 2. The molecule has 2 aromatic rings. The lowest BCUT2D eigenvalue weighted by Gasteiger charge is -2.05. The van der Waals surface area contributed by atoms with Crippen LogP contribution in [0.1, 0.15) is 34.3 Å². The number of nitrogens with one attached hydrogen (secondary N) is 2. The van der Waals surface area contributed by atoms with E-state index in [1.54, 1.807) is 30.5 Å². The SMILES string of the molecule is Cc1ccccc1C=NNC(=O)c1ccc(NC(=O)C2CC2)cc1. The van der Waals surface area contributed by atoms with Gasteiger partial charge in [0.05, 0.1) is 6.21 Å². The van der Waals surface area contributed by atoms with E-state index in [0.717, 1.165) is 24.0 Å². The first kappa shape index (κ1) is 15.9. The van der Waals surface area contributed by atoms with E-state index in [1.165, 1.54) is 0 Å². The zero-order valence-corrected chi connectivity index (χ0v) is 13.5. The van der Waals surface area contributed by atoms with Crippen molar-refractivity contribution in [1.82, 2.24) is 5.43 Å². The number of anilines is 1. The number of benzene rings is 2. The molecule has 1 aliphatic carbocycles. The number of aryl methyl sites for hydroxylation is 1. The molecule has 0 aromatic heterocycles. The van der Waals surface area contributed by atoms with E-state index in [4.69, 9.17) is 0 Å². The van der Waals surface area contributed by atoms with E-state index < -0.39 is 0 Å². The Kier molecular flexibility index (Phi) is 4.70. The van der Waals surface area contributed by atoms with Crippen LogP contribution in [0.25, 0.3) is 0 Å². The Bertz CT molecular complexity index is 777. The number of carbonyl (C=O) groups excluding carboxylic acids is 2. The lowest BCUT2D eigenvalue weighted by Crippen LogP contribution is -2.18. The summed E-state index contributed by atoms with van der Waals surface area (Å²) in [6, 6.07) is 14.6. The molecule has 1 fully saturated rings. The van der Waals surface area contributed by atoms with Crippen LogP contribution < -0.4 is 10.7 Å². The number of hydrazone groups is 1. The van der Waals surface area contributed by atoms with Crippen LogP contribution in [0.3, 0.4) is 0 Å². The van der Waals surface area contributed by atoms with Gasteiger partial charge >= 0.3 is 0 Å². The predicted molar refractivity (Wildman–Crippen MR) is 94.0 cm³/mol. The third kappa shape index (κ3) is 4.07. The van der Waals surface area contributed by atoms with Gasteiger partial charge in [0.25, 0.3) is 5.91 Å². The van der Waals surface area contributed by atoms with Gasteiger partial charge in [0, 0.05) is 17.2 Å². The Morgan fingerprint density at radius 2 is 1.79 bits per heavy atom. The van der Waals surface area contributed by atoms with Crippen LogP contribution in [0.4, 0.5) is 5.69 Å². The number of hydrogen-bond donors (Lipinski definition) is 2. The molecule has 2 N–H and O–H groups in total. The molecule has 2 amide bonds. The first-order valence-electron chi connectivity index (χ1n) is 7.93. The summed E-state index contributed by atoms with van der Waals surface area (Å²) < 4.78 is 0. The highest BCUT2D eigenvalue weighted by Gasteiger charge is 2.29. The normalized spacial score (nSPS) is 13.7. The monoisotopic (exact) mass is 321 g/mol. The second-order valence-electron chi connectivity index (χ2n) is 5.90. The van der Waals surface area contributed by atoms with Gasteiger partial charge in [-0.05, 0) is 55.2 Å². The first-order valence-corrected chi connectivity index (χ1v) is 7.93. The van der Waals surface area contributed by atoms with E-state index in [-0.39, 0.29) is 17.7 Å². The molecular weight excluding hydrogens is 302 g/mol. The largest absolute Gasteiger partial charge is 0.326 e. The van der Waals surface area contributed by atoms with E-state index in [2.05, 4.69) is 15.8 Å². The third-order valence-corrected chi connectivity index (χ3v) is 3.92. The second kappa shape index (κ2) is 7.08. The molecule has 122 valence electrons. The highest BCUT2D eigenvalue weighted by Crippen LogP contribution is 2.30. The Morgan fingerprint density at radius 3 is 2.46 bits per heavy atom. The smallest absolute Gasteiger partial charge is 0.271 e. The maximum absolute atomic E-state index is 12.1. The lowest BCUT2D eigenvalue weighted by molar-refractivity contribution is -0.117. The Balaban J connectivity index is 1.56. The molecule has 0 spiro atoms. The third-order valence-electron chi connectivity index (χ3n) is 3.92. The lowest BCUT2D eigenvalue weighted by atomic mass is 10.1. The van der Waals surface area contributed by atoms with E-state index in [1.807, 2.05) is 31.2 Å². The van der Waals surface area contributed by atoms with Crippen LogP contribution >= 0.6 is 0 Å². The molecular formula is C19H19N3O2. The summed E-state index contributed by atoms with van der Waals surface area (Å²) in [5.41, 5.74) is 5.74. The number of carbonyl (C=O) groups is 2. The van der Waals surface area contributed by atoms with Gasteiger partial charge in [0.2, 0.25) is 5.91 Å². The number of rotatable bonds is 5. The molecule has 3 rings (SSSR count). The van der Waals surface area contributed by atoms with Gasteiger partial charge in [0.15, 0.2) is 0 Å². The highest BCUT2D eigenvalue weighted by molar-refractivity contribution is 5.97. The summed E-state index contributed by atoms with van der Waals surface area (Å²) in [6.45, 7) is 1.98. The molecule has 5 nitrogen and oxygen atoms in total. The maximum Gasteiger partial charge on any atom is 0.271 e. The average Bonchev–Trinajstić information content (AvgIpc) is 3.42. The molecule has 0 unspecified atom stereocenters.